The molecule has 1 aliphatic heterocycles. The third-order valence-electron chi connectivity index (χ3n) is 2.68. The van der Waals surface area contributed by atoms with E-state index in [9.17, 15) is 0 Å². The van der Waals surface area contributed by atoms with E-state index in [0.29, 0.717) is 0 Å². The van der Waals surface area contributed by atoms with Crippen molar-refractivity contribution in [3.63, 3.8) is 0 Å². The molecule has 1 rings (SSSR count). The zero-order valence-electron chi connectivity index (χ0n) is 7.71. The first-order chi connectivity index (χ1) is 5.20. The van der Waals surface area contributed by atoms with Crippen LogP contribution in [0.4, 0.5) is 0 Å². The van der Waals surface area contributed by atoms with Crippen molar-refractivity contribution >= 4 is 0 Å². The van der Waals surface area contributed by atoms with Crippen molar-refractivity contribution < 1.29 is 0 Å². The number of nitrogens with zero attached hydrogens (tertiary/aromatic N) is 1. The molecule has 1 unspecified atom stereocenters. The van der Waals surface area contributed by atoms with Gasteiger partial charge in [-0.1, -0.05) is 20.3 Å². The molecule has 0 radical (unpaired) electrons. The van der Waals surface area contributed by atoms with Gasteiger partial charge in [0.2, 0.25) is 0 Å². The van der Waals surface area contributed by atoms with Crippen molar-refractivity contribution in [3.05, 3.63) is 0 Å². The monoisotopic (exact) mass is 156 g/mol. The lowest BCUT2D eigenvalue weighted by Crippen LogP contribution is -2.35. The second kappa shape index (κ2) is 4.07. The van der Waals surface area contributed by atoms with Gasteiger partial charge in [0.15, 0.2) is 0 Å². The molecule has 0 bridgehead atoms. The summed E-state index contributed by atoms with van der Waals surface area (Å²) in [6.45, 7) is 6.77. The second-order valence-electron chi connectivity index (χ2n) is 3.99. The molecular formula is C9H20N2. The third-order valence-corrected chi connectivity index (χ3v) is 2.68. The van der Waals surface area contributed by atoms with Gasteiger partial charge >= 0.3 is 0 Å². The maximum Gasteiger partial charge on any atom is 0.0159 e. The molecule has 0 aromatic heterocycles. The highest BCUT2D eigenvalue weighted by molar-refractivity contribution is 4.70. The van der Waals surface area contributed by atoms with Crippen molar-refractivity contribution in [1.82, 2.24) is 5.01 Å². The van der Waals surface area contributed by atoms with Crippen LogP contribution in [-0.4, -0.2) is 18.1 Å². The van der Waals surface area contributed by atoms with Crippen LogP contribution in [0.2, 0.25) is 0 Å². The third kappa shape index (κ3) is 2.80. The molecule has 2 N–H and O–H groups in total. The Morgan fingerprint density at radius 1 is 1.36 bits per heavy atom. The SMILES string of the molecule is CC(C)C1CCCCN(N)C1. The van der Waals surface area contributed by atoms with Crippen LogP contribution in [0, 0.1) is 11.8 Å². The molecule has 66 valence electrons. The molecule has 1 aliphatic rings. The van der Waals surface area contributed by atoms with E-state index in [1.807, 2.05) is 5.01 Å². The van der Waals surface area contributed by atoms with Gasteiger partial charge in [-0.25, -0.2) is 5.01 Å². The highest BCUT2D eigenvalue weighted by Crippen LogP contribution is 2.21. The summed E-state index contributed by atoms with van der Waals surface area (Å²) < 4.78 is 0. The topological polar surface area (TPSA) is 29.3 Å². The van der Waals surface area contributed by atoms with Gasteiger partial charge in [-0.15, -0.1) is 0 Å². The van der Waals surface area contributed by atoms with Gasteiger partial charge in [0.25, 0.3) is 0 Å². The van der Waals surface area contributed by atoms with Crippen LogP contribution in [-0.2, 0) is 0 Å². The van der Waals surface area contributed by atoms with Crippen LogP contribution in [0.25, 0.3) is 0 Å². The molecule has 0 aromatic carbocycles. The zero-order valence-corrected chi connectivity index (χ0v) is 7.71. The number of rotatable bonds is 1. The molecule has 1 fully saturated rings. The number of nitrogens with two attached hydrogens (primary N) is 1. The minimum Gasteiger partial charge on any atom is -0.269 e. The van der Waals surface area contributed by atoms with E-state index in [0.717, 1.165) is 24.9 Å². The van der Waals surface area contributed by atoms with Crippen LogP contribution in [0.15, 0.2) is 0 Å². The van der Waals surface area contributed by atoms with Crippen molar-refractivity contribution in [2.45, 2.75) is 33.1 Å². The summed E-state index contributed by atoms with van der Waals surface area (Å²) in [5.74, 6) is 7.41. The quantitative estimate of drug-likeness (QED) is 0.584. The molecular weight excluding hydrogens is 136 g/mol. The Labute approximate surface area is 69.7 Å². The molecule has 0 aliphatic carbocycles. The Hall–Kier alpha value is -0.0800. The highest BCUT2D eigenvalue weighted by Gasteiger charge is 2.18. The predicted molar refractivity (Wildman–Crippen MR) is 47.9 cm³/mol. The molecule has 0 spiro atoms. The molecule has 2 nitrogen and oxygen atoms in total. The van der Waals surface area contributed by atoms with Crippen molar-refractivity contribution in [2.24, 2.45) is 17.7 Å². The largest absolute Gasteiger partial charge is 0.269 e. The smallest absolute Gasteiger partial charge is 0.0159 e. The first-order valence-electron chi connectivity index (χ1n) is 4.70. The zero-order chi connectivity index (χ0) is 8.27. The maximum atomic E-state index is 5.80. The van der Waals surface area contributed by atoms with E-state index in [1.54, 1.807) is 0 Å². The molecule has 2 heteroatoms. The summed E-state index contributed by atoms with van der Waals surface area (Å²) in [6, 6.07) is 0. The predicted octanol–water partition coefficient (Wildman–Crippen LogP) is 1.62. The average molecular weight is 156 g/mol. The van der Waals surface area contributed by atoms with Gasteiger partial charge in [0, 0.05) is 13.1 Å². The number of hydrazine groups is 1. The first-order valence-corrected chi connectivity index (χ1v) is 4.70. The van der Waals surface area contributed by atoms with Crippen LogP contribution >= 0.6 is 0 Å². The molecule has 0 saturated carbocycles. The van der Waals surface area contributed by atoms with Gasteiger partial charge in [0.05, 0.1) is 0 Å². The molecule has 0 aromatic rings. The lowest BCUT2D eigenvalue weighted by molar-refractivity contribution is 0.223. The highest BCUT2D eigenvalue weighted by atomic mass is 15.4. The summed E-state index contributed by atoms with van der Waals surface area (Å²) in [7, 11) is 0. The minimum absolute atomic E-state index is 0.791. The van der Waals surface area contributed by atoms with E-state index in [2.05, 4.69) is 13.8 Å². The first kappa shape index (κ1) is 9.01. The van der Waals surface area contributed by atoms with E-state index in [4.69, 9.17) is 5.84 Å². The van der Waals surface area contributed by atoms with Gasteiger partial charge in [-0.3, -0.25) is 5.84 Å². The lowest BCUT2D eigenvalue weighted by Gasteiger charge is -2.22. The van der Waals surface area contributed by atoms with E-state index in [1.165, 1.54) is 19.3 Å². The minimum atomic E-state index is 0.791. The Morgan fingerprint density at radius 3 is 2.73 bits per heavy atom. The fourth-order valence-electron chi connectivity index (χ4n) is 1.75. The van der Waals surface area contributed by atoms with Crippen LogP contribution < -0.4 is 5.84 Å². The van der Waals surface area contributed by atoms with Crippen molar-refractivity contribution in [3.8, 4) is 0 Å². The van der Waals surface area contributed by atoms with E-state index < -0.39 is 0 Å². The van der Waals surface area contributed by atoms with Gasteiger partial charge in [-0.05, 0) is 24.7 Å². The Balaban J connectivity index is 2.39. The summed E-state index contributed by atoms with van der Waals surface area (Å²) in [5, 5.41) is 1.98. The van der Waals surface area contributed by atoms with Crippen LogP contribution in [0.1, 0.15) is 33.1 Å². The Kier molecular flexibility index (Phi) is 3.34. The maximum absolute atomic E-state index is 5.80. The fraction of sp³-hybridized carbons (Fsp3) is 1.00. The van der Waals surface area contributed by atoms with Crippen molar-refractivity contribution in [2.75, 3.05) is 13.1 Å². The molecule has 11 heavy (non-hydrogen) atoms. The Bertz CT molecular complexity index is 112. The molecule has 1 heterocycles. The number of hydrogen-bond acceptors (Lipinski definition) is 2. The number of hydrogen-bond donors (Lipinski definition) is 1. The molecule has 1 atom stereocenters. The van der Waals surface area contributed by atoms with Gasteiger partial charge < -0.3 is 0 Å². The summed E-state index contributed by atoms with van der Waals surface area (Å²) in [5.41, 5.74) is 0. The van der Waals surface area contributed by atoms with Crippen molar-refractivity contribution in [1.29, 1.82) is 0 Å². The van der Waals surface area contributed by atoms with Gasteiger partial charge in [0.1, 0.15) is 0 Å². The lowest BCUT2D eigenvalue weighted by atomic mass is 9.91. The summed E-state index contributed by atoms with van der Waals surface area (Å²) in [6.07, 6.45) is 4.00. The summed E-state index contributed by atoms with van der Waals surface area (Å²) >= 11 is 0. The second-order valence-corrected chi connectivity index (χ2v) is 3.99. The Morgan fingerprint density at radius 2 is 2.09 bits per heavy atom. The van der Waals surface area contributed by atoms with Crippen LogP contribution in [0.3, 0.4) is 0 Å². The molecule has 1 saturated heterocycles. The summed E-state index contributed by atoms with van der Waals surface area (Å²) in [4.78, 5) is 0. The fourth-order valence-corrected chi connectivity index (χ4v) is 1.75. The standard InChI is InChI=1S/C9H20N2/c1-8(2)9-5-3-4-6-11(10)7-9/h8-9H,3-7,10H2,1-2H3. The average Bonchev–Trinajstić information content (AvgIpc) is 2.13. The van der Waals surface area contributed by atoms with Gasteiger partial charge in [-0.2, -0.15) is 0 Å². The van der Waals surface area contributed by atoms with Crippen LogP contribution in [0.5, 0.6) is 0 Å². The van der Waals surface area contributed by atoms with E-state index in [-0.39, 0.29) is 0 Å². The normalized spacial score (nSPS) is 28.9. The van der Waals surface area contributed by atoms with E-state index >= 15 is 0 Å². The molecule has 0 amide bonds.